The van der Waals surface area contributed by atoms with Crippen molar-refractivity contribution in [1.29, 1.82) is 0 Å². The molecule has 1 atom stereocenters. The van der Waals surface area contributed by atoms with Gasteiger partial charge in [-0.1, -0.05) is 18.7 Å². The molecule has 1 amide bonds. The SMILES string of the molecule is C=C1CC[C@H](c2nc3ccccc3o2)C(=O)N1. The highest BCUT2D eigenvalue weighted by molar-refractivity contribution is 5.86. The number of para-hydroxylation sites is 2. The number of nitrogens with one attached hydrogen (secondary N) is 1. The van der Waals surface area contributed by atoms with E-state index in [9.17, 15) is 4.79 Å². The minimum absolute atomic E-state index is 0.0761. The molecule has 0 bridgehead atoms. The average Bonchev–Trinajstić information content (AvgIpc) is 2.72. The Morgan fingerprint density at radius 3 is 3.00 bits per heavy atom. The number of hydrogen-bond acceptors (Lipinski definition) is 3. The molecule has 0 saturated carbocycles. The number of piperidine rings is 1. The summed E-state index contributed by atoms with van der Waals surface area (Å²) in [6.45, 7) is 3.75. The van der Waals surface area contributed by atoms with Crippen LogP contribution in [0.25, 0.3) is 11.1 Å². The zero-order chi connectivity index (χ0) is 11.8. The molecule has 1 aliphatic heterocycles. The van der Waals surface area contributed by atoms with Gasteiger partial charge < -0.3 is 9.73 Å². The monoisotopic (exact) mass is 228 g/mol. The molecule has 4 heteroatoms. The Morgan fingerprint density at radius 2 is 2.24 bits per heavy atom. The van der Waals surface area contributed by atoms with Gasteiger partial charge in [-0.25, -0.2) is 4.98 Å². The lowest BCUT2D eigenvalue weighted by Gasteiger charge is -2.20. The zero-order valence-corrected chi connectivity index (χ0v) is 9.27. The zero-order valence-electron chi connectivity index (χ0n) is 9.27. The Morgan fingerprint density at radius 1 is 1.41 bits per heavy atom. The van der Waals surface area contributed by atoms with E-state index in [2.05, 4.69) is 16.9 Å². The summed E-state index contributed by atoms with van der Waals surface area (Å²) in [6, 6.07) is 7.52. The number of fused-ring (bicyclic) bond motifs is 1. The van der Waals surface area contributed by atoms with Crippen LogP contribution in [-0.2, 0) is 4.79 Å². The molecular weight excluding hydrogens is 216 g/mol. The third-order valence-electron chi connectivity index (χ3n) is 2.96. The Hall–Kier alpha value is -2.10. The first-order valence-electron chi connectivity index (χ1n) is 5.58. The molecule has 1 aromatic heterocycles. The molecular formula is C13H12N2O2. The van der Waals surface area contributed by atoms with Crippen LogP contribution in [0.1, 0.15) is 24.7 Å². The van der Waals surface area contributed by atoms with E-state index in [1.807, 2.05) is 24.3 Å². The van der Waals surface area contributed by atoms with E-state index >= 15 is 0 Å². The molecule has 4 nitrogen and oxygen atoms in total. The van der Waals surface area contributed by atoms with Gasteiger partial charge in [0.1, 0.15) is 11.4 Å². The number of benzene rings is 1. The number of oxazole rings is 1. The summed E-state index contributed by atoms with van der Waals surface area (Å²) in [6.07, 6.45) is 1.48. The van der Waals surface area contributed by atoms with Crippen molar-refractivity contribution in [3.8, 4) is 0 Å². The summed E-state index contributed by atoms with van der Waals surface area (Å²) in [4.78, 5) is 16.2. The standard InChI is InChI=1S/C13H12N2O2/c1-8-6-7-9(12(16)14-8)13-15-10-4-2-3-5-11(10)17-13/h2-5,9H,1,6-7H2,(H,14,16)/t9-/m0/s1. The number of rotatable bonds is 1. The Kier molecular flexibility index (Phi) is 2.21. The van der Waals surface area contributed by atoms with Gasteiger partial charge in [-0.15, -0.1) is 0 Å². The maximum Gasteiger partial charge on any atom is 0.236 e. The average molecular weight is 228 g/mol. The number of allylic oxidation sites excluding steroid dienone is 1. The highest BCUT2D eigenvalue weighted by Gasteiger charge is 2.29. The fraction of sp³-hybridized carbons (Fsp3) is 0.231. The topological polar surface area (TPSA) is 55.1 Å². The first kappa shape index (κ1) is 10.1. The van der Waals surface area contributed by atoms with Crippen LogP contribution in [0, 0.1) is 0 Å². The molecule has 1 fully saturated rings. The van der Waals surface area contributed by atoms with Gasteiger partial charge in [-0.3, -0.25) is 4.79 Å². The largest absolute Gasteiger partial charge is 0.440 e. The lowest BCUT2D eigenvalue weighted by molar-refractivity contribution is -0.123. The maximum absolute atomic E-state index is 11.8. The van der Waals surface area contributed by atoms with E-state index in [4.69, 9.17) is 4.42 Å². The van der Waals surface area contributed by atoms with Crippen molar-refractivity contribution in [2.45, 2.75) is 18.8 Å². The number of carbonyl (C=O) groups is 1. The van der Waals surface area contributed by atoms with Crippen LogP contribution in [-0.4, -0.2) is 10.9 Å². The van der Waals surface area contributed by atoms with Gasteiger partial charge in [-0.2, -0.15) is 0 Å². The molecule has 17 heavy (non-hydrogen) atoms. The van der Waals surface area contributed by atoms with Gasteiger partial charge in [0.15, 0.2) is 5.58 Å². The summed E-state index contributed by atoms with van der Waals surface area (Å²) in [5.41, 5.74) is 2.28. The number of carbonyl (C=O) groups excluding carboxylic acids is 1. The molecule has 0 radical (unpaired) electrons. The van der Waals surface area contributed by atoms with Crippen molar-refractivity contribution in [1.82, 2.24) is 10.3 Å². The van der Waals surface area contributed by atoms with Gasteiger partial charge >= 0.3 is 0 Å². The van der Waals surface area contributed by atoms with Crippen LogP contribution in [0.5, 0.6) is 0 Å². The number of hydrogen-bond donors (Lipinski definition) is 1. The van der Waals surface area contributed by atoms with Crippen molar-refractivity contribution in [2.24, 2.45) is 0 Å². The highest BCUT2D eigenvalue weighted by atomic mass is 16.3. The maximum atomic E-state index is 11.8. The van der Waals surface area contributed by atoms with E-state index in [0.29, 0.717) is 12.3 Å². The van der Waals surface area contributed by atoms with Crippen LogP contribution in [0.15, 0.2) is 41.0 Å². The fourth-order valence-electron chi connectivity index (χ4n) is 2.05. The van der Waals surface area contributed by atoms with Gasteiger partial charge in [0.2, 0.25) is 11.8 Å². The molecule has 86 valence electrons. The minimum atomic E-state index is -0.298. The van der Waals surface area contributed by atoms with E-state index in [1.54, 1.807) is 0 Å². The molecule has 3 rings (SSSR count). The minimum Gasteiger partial charge on any atom is -0.440 e. The lowest BCUT2D eigenvalue weighted by atomic mass is 9.97. The molecule has 1 N–H and O–H groups in total. The number of amides is 1. The quantitative estimate of drug-likeness (QED) is 0.815. The molecule has 1 aliphatic rings. The van der Waals surface area contributed by atoms with Crippen molar-refractivity contribution in [3.63, 3.8) is 0 Å². The van der Waals surface area contributed by atoms with Crippen LogP contribution in [0.2, 0.25) is 0 Å². The van der Waals surface area contributed by atoms with Crippen molar-refractivity contribution in [3.05, 3.63) is 42.4 Å². The lowest BCUT2D eigenvalue weighted by Crippen LogP contribution is -2.33. The number of nitrogens with zero attached hydrogens (tertiary/aromatic N) is 1. The molecule has 0 unspecified atom stereocenters. The fourth-order valence-corrected chi connectivity index (χ4v) is 2.05. The van der Waals surface area contributed by atoms with Crippen molar-refractivity contribution >= 4 is 17.0 Å². The number of aromatic nitrogens is 1. The van der Waals surface area contributed by atoms with E-state index in [0.717, 1.165) is 23.2 Å². The second kappa shape index (κ2) is 3.73. The van der Waals surface area contributed by atoms with Crippen molar-refractivity contribution < 1.29 is 9.21 Å². The van der Waals surface area contributed by atoms with Crippen LogP contribution < -0.4 is 5.32 Å². The highest BCUT2D eigenvalue weighted by Crippen LogP contribution is 2.28. The molecule has 2 aromatic rings. The Bertz CT molecular complexity index is 567. The summed E-state index contributed by atoms with van der Waals surface area (Å²) in [5.74, 6) is 0.122. The van der Waals surface area contributed by atoms with Gasteiger partial charge in [-0.05, 0) is 25.0 Å². The second-order valence-electron chi connectivity index (χ2n) is 4.20. The normalized spacial score (nSPS) is 20.6. The molecule has 0 spiro atoms. The predicted octanol–water partition coefficient (Wildman–Crippen LogP) is 2.34. The molecule has 1 aromatic carbocycles. The molecule has 1 saturated heterocycles. The van der Waals surface area contributed by atoms with E-state index < -0.39 is 0 Å². The second-order valence-corrected chi connectivity index (χ2v) is 4.20. The summed E-state index contributed by atoms with van der Waals surface area (Å²) in [5, 5.41) is 2.74. The summed E-state index contributed by atoms with van der Waals surface area (Å²) in [7, 11) is 0. The van der Waals surface area contributed by atoms with Crippen LogP contribution in [0.4, 0.5) is 0 Å². The smallest absolute Gasteiger partial charge is 0.236 e. The Labute approximate surface area is 98.3 Å². The Balaban J connectivity index is 1.98. The van der Waals surface area contributed by atoms with Crippen molar-refractivity contribution in [2.75, 3.05) is 0 Å². The molecule has 2 heterocycles. The molecule has 0 aliphatic carbocycles. The van der Waals surface area contributed by atoms with E-state index in [-0.39, 0.29) is 11.8 Å². The predicted molar refractivity (Wildman–Crippen MR) is 63.3 cm³/mol. The third kappa shape index (κ3) is 1.71. The van der Waals surface area contributed by atoms with E-state index in [1.165, 1.54) is 0 Å². The first-order chi connectivity index (χ1) is 8.24. The van der Waals surface area contributed by atoms with Crippen LogP contribution >= 0.6 is 0 Å². The van der Waals surface area contributed by atoms with Gasteiger partial charge in [0.25, 0.3) is 0 Å². The van der Waals surface area contributed by atoms with Gasteiger partial charge in [0.05, 0.1) is 0 Å². The third-order valence-corrected chi connectivity index (χ3v) is 2.96. The first-order valence-corrected chi connectivity index (χ1v) is 5.58. The summed E-state index contributed by atoms with van der Waals surface area (Å²) < 4.78 is 5.61. The van der Waals surface area contributed by atoms with Crippen LogP contribution in [0.3, 0.4) is 0 Å². The van der Waals surface area contributed by atoms with Gasteiger partial charge in [0, 0.05) is 5.70 Å². The summed E-state index contributed by atoms with van der Waals surface area (Å²) >= 11 is 0.